The summed E-state index contributed by atoms with van der Waals surface area (Å²) in [6.45, 7) is 10.6. The molecule has 1 fully saturated rings. The summed E-state index contributed by atoms with van der Waals surface area (Å²) in [4.78, 5) is 4.86. The highest BCUT2D eigenvalue weighted by atomic mass is 15.2. The van der Waals surface area contributed by atoms with Gasteiger partial charge in [-0.3, -0.25) is 0 Å². The Bertz CT molecular complexity index is 182. The Morgan fingerprint density at radius 1 is 1.60 bits per heavy atom. The second-order valence-corrected chi connectivity index (χ2v) is 4.67. The lowest BCUT2D eigenvalue weighted by molar-refractivity contribution is 0.274. The molecule has 0 bridgehead atoms. The average Bonchev–Trinajstić information content (AvgIpc) is 2.59. The van der Waals surface area contributed by atoms with Crippen molar-refractivity contribution in [1.82, 2.24) is 15.1 Å². The average molecular weight is 211 g/mol. The predicted molar refractivity (Wildman–Crippen MR) is 66.2 cm³/mol. The van der Waals surface area contributed by atoms with Crippen LogP contribution in [0.4, 0.5) is 0 Å². The van der Waals surface area contributed by atoms with Crippen LogP contribution in [0.1, 0.15) is 6.42 Å². The molecule has 1 N–H and O–H groups in total. The Morgan fingerprint density at radius 3 is 3.00 bits per heavy atom. The van der Waals surface area contributed by atoms with Crippen LogP contribution in [0.3, 0.4) is 0 Å². The molecule has 0 radical (unpaired) electrons. The SMILES string of the molecule is C=CCNCCN(C)CC1CCN(C)C1. The van der Waals surface area contributed by atoms with Gasteiger partial charge >= 0.3 is 0 Å². The van der Waals surface area contributed by atoms with Crippen LogP contribution in [0.5, 0.6) is 0 Å². The Balaban J connectivity index is 2.02. The van der Waals surface area contributed by atoms with E-state index in [0.29, 0.717) is 0 Å². The van der Waals surface area contributed by atoms with Gasteiger partial charge in [-0.15, -0.1) is 6.58 Å². The summed E-state index contributed by atoms with van der Waals surface area (Å²) in [6.07, 6.45) is 3.27. The minimum atomic E-state index is 0.874. The van der Waals surface area contributed by atoms with E-state index in [4.69, 9.17) is 0 Å². The lowest BCUT2D eigenvalue weighted by Crippen LogP contribution is -2.33. The van der Waals surface area contributed by atoms with Crippen LogP contribution in [0, 0.1) is 5.92 Å². The van der Waals surface area contributed by atoms with Gasteiger partial charge in [-0.25, -0.2) is 0 Å². The molecule has 0 aromatic rings. The van der Waals surface area contributed by atoms with E-state index in [9.17, 15) is 0 Å². The van der Waals surface area contributed by atoms with Crippen molar-refractivity contribution < 1.29 is 0 Å². The van der Waals surface area contributed by atoms with Crippen LogP contribution in [-0.4, -0.2) is 63.2 Å². The summed E-state index contributed by atoms with van der Waals surface area (Å²) in [6, 6.07) is 0. The lowest BCUT2D eigenvalue weighted by atomic mass is 10.1. The molecule has 0 aliphatic carbocycles. The van der Waals surface area contributed by atoms with E-state index < -0.39 is 0 Å². The standard InChI is InChI=1S/C12H25N3/c1-4-6-13-7-9-15(3)11-12-5-8-14(2)10-12/h4,12-13H,1,5-11H2,2-3H3. The van der Waals surface area contributed by atoms with Gasteiger partial charge in [0.2, 0.25) is 0 Å². The molecule has 1 rings (SSSR count). The molecule has 1 aliphatic rings. The van der Waals surface area contributed by atoms with Gasteiger partial charge < -0.3 is 15.1 Å². The fraction of sp³-hybridized carbons (Fsp3) is 0.833. The fourth-order valence-electron chi connectivity index (χ4n) is 2.18. The van der Waals surface area contributed by atoms with E-state index >= 15 is 0 Å². The van der Waals surface area contributed by atoms with E-state index in [1.807, 2.05) is 6.08 Å². The van der Waals surface area contributed by atoms with Crippen LogP contribution >= 0.6 is 0 Å². The first-order valence-electron chi connectivity index (χ1n) is 5.91. The third-order valence-corrected chi connectivity index (χ3v) is 3.02. The first kappa shape index (κ1) is 12.7. The highest BCUT2D eigenvalue weighted by Crippen LogP contribution is 2.14. The molecule has 0 amide bonds. The van der Waals surface area contributed by atoms with Crippen molar-refractivity contribution in [3.8, 4) is 0 Å². The summed E-state index contributed by atoms with van der Waals surface area (Å²) >= 11 is 0. The molecule has 0 aromatic heterocycles. The Labute approximate surface area is 94.1 Å². The first-order valence-corrected chi connectivity index (χ1v) is 5.91. The van der Waals surface area contributed by atoms with Crippen molar-refractivity contribution in [1.29, 1.82) is 0 Å². The van der Waals surface area contributed by atoms with Gasteiger partial charge in [0.1, 0.15) is 0 Å². The van der Waals surface area contributed by atoms with E-state index in [1.54, 1.807) is 0 Å². The molecule has 1 aliphatic heterocycles. The van der Waals surface area contributed by atoms with Gasteiger partial charge in [-0.1, -0.05) is 6.08 Å². The van der Waals surface area contributed by atoms with Gasteiger partial charge in [-0.05, 0) is 33.0 Å². The molecule has 88 valence electrons. The summed E-state index contributed by atoms with van der Waals surface area (Å²) in [5.41, 5.74) is 0. The van der Waals surface area contributed by atoms with Crippen LogP contribution in [0.2, 0.25) is 0 Å². The molecule has 0 spiro atoms. The van der Waals surface area contributed by atoms with Gasteiger partial charge in [-0.2, -0.15) is 0 Å². The van der Waals surface area contributed by atoms with Crippen molar-refractivity contribution in [3.63, 3.8) is 0 Å². The van der Waals surface area contributed by atoms with Crippen molar-refractivity contribution in [2.45, 2.75) is 6.42 Å². The molecule has 3 nitrogen and oxygen atoms in total. The van der Waals surface area contributed by atoms with Crippen molar-refractivity contribution in [3.05, 3.63) is 12.7 Å². The quantitative estimate of drug-likeness (QED) is 0.493. The maximum atomic E-state index is 3.69. The maximum Gasteiger partial charge on any atom is 0.0132 e. The molecular weight excluding hydrogens is 186 g/mol. The number of hydrogen-bond acceptors (Lipinski definition) is 3. The molecular formula is C12H25N3. The molecule has 3 heteroatoms. The third-order valence-electron chi connectivity index (χ3n) is 3.02. The second kappa shape index (κ2) is 6.99. The predicted octanol–water partition coefficient (Wildman–Crippen LogP) is 0.646. The lowest BCUT2D eigenvalue weighted by Gasteiger charge is -2.20. The third kappa shape index (κ3) is 5.30. The smallest absolute Gasteiger partial charge is 0.0132 e. The Hall–Kier alpha value is -0.380. The molecule has 0 saturated carbocycles. The summed E-state index contributed by atoms with van der Waals surface area (Å²) in [5.74, 6) is 0.874. The van der Waals surface area contributed by atoms with Crippen molar-refractivity contribution >= 4 is 0 Å². The summed E-state index contributed by atoms with van der Waals surface area (Å²) < 4.78 is 0. The van der Waals surface area contributed by atoms with Gasteiger partial charge in [0.25, 0.3) is 0 Å². The summed E-state index contributed by atoms with van der Waals surface area (Å²) in [5, 5.41) is 3.33. The number of hydrogen-bond donors (Lipinski definition) is 1. The highest BCUT2D eigenvalue weighted by Gasteiger charge is 2.20. The van der Waals surface area contributed by atoms with E-state index in [2.05, 4.69) is 35.8 Å². The van der Waals surface area contributed by atoms with Crippen molar-refractivity contribution in [2.24, 2.45) is 5.92 Å². The zero-order chi connectivity index (χ0) is 11.1. The maximum absolute atomic E-state index is 3.69. The number of nitrogens with one attached hydrogen (secondary N) is 1. The number of likely N-dealkylation sites (tertiary alicyclic amines) is 1. The highest BCUT2D eigenvalue weighted by molar-refractivity contribution is 4.76. The van der Waals surface area contributed by atoms with Gasteiger partial charge in [0, 0.05) is 32.7 Å². The molecule has 1 unspecified atom stereocenters. The van der Waals surface area contributed by atoms with Crippen LogP contribution in [0.25, 0.3) is 0 Å². The van der Waals surface area contributed by atoms with E-state index in [0.717, 1.165) is 25.6 Å². The molecule has 1 atom stereocenters. The normalized spacial score (nSPS) is 22.5. The number of likely N-dealkylation sites (N-methyl/N-ethyl adjacent to an activating group) is 1. The van der Waals surface area contributed by atoms with E-state index in [-0.39, 0.29) is 0 Å². The number of rotatable bonds is 7. The van der Waals surface area contributed by atoms with Crippen molar-refractivity contribution in [2.75, 3.05) is 53.4 Å². The monoisotopic (exact) mass is 211 g/mol. The number of nitrogens with zero attached hydrogens (tertiary/aromatic N) is 2. The second-order valence-electron chi connectivity index (χ2n) is 4.67. The van der Waals surface area contributed by atoms with Gasteiger partial charge in [0.15, 0.2) is 0 Å². The first-order chi connectivity index (χ1) is 7.22. The Morgan fingerprint density at radius 2 is 2.40 bits per heavy atom. The molecule has 1 heterocycles. The molecule has 0 aromatic carbocycles. The molecule has 1 saturated heterocycles. The zero-order valence-corrected chi connectivity index (χ0v) is 10.2. The Kier molecular flexibility index (Phi) is 5.91. The van der Waals surface area contributed by atoms with Gasteiger partial charge in [0.05, 0.1) is 0 Å². The zero-order valence-electron chi connectivity index (χ0n) is 10.2. The van der Waals surface area contributed by atoms with Crippen LogP contribution in [0.15, 0.2) is 12.7 Å². The van der Waals surface area contributed by atoms with E-state index in [1.165, 1.54) is 26.1 Å². The van der Waals surface area contributed by atoms with Crippen LogP contribution in [-0.2, 0) is 0 Å². The summed E-state index contributed by atoms with van der Waals surface area (Å²) in [7, 11) is 4.43. The van der Waals surface area contributed by atoms with Crippen LogP contribution < -0.4 is 5.32 Å². The molecule has 15 heavy (non-hydrogen) atoms. The fourth-order valence-corrected chi connectivity index (χ4v) is 2.18. The topological polar surface area (TPSA) is 18.5 Å². The minimum absolute atomic E-state index is 0.874. The largest absolute Gasteiger partial charge is 0.312 e. The minimum Gasteiger partial charge on any atom is -0.312 e.